The van der Waals surface area contributed by atoms with Gasteiger partial charge in [0.15, 0.2) is 8.32 Å². The molecule has 0 bridgehead atoms. The molecule has 9 nitrogen and oxygen atoms in total. The number of aromatic nitrogens is 4. The smallest absolute Gasteiger partial charge is 0.268 e. The average molecular weight is 561 g/mol. The predicted molar refractivity (Wildman–Crippen MR) is 161 cm³/mol. The molecule has 4 aromatic rings. The molecule has 0 aliphatic rings. The first kappa shape index (κ1) is 29.2. The van der Waals surface area contributed by atoms with Crippen molar-refractivity contribution in [3.05, 3.63) is 78.8 Å². The quantitative estimate of drug-likeness (QED) is 0.220. The van der Waals surface area contributed by atoms with Crippen LogP contribution < -0.4 is 11.1 Å². The number of fused-ring (bicyclic) bond motifs is 1. The molecule has 0 radical (unpaired) electrons. The number of carbonyl (C=O) groups excluding carboxylic acids is 2. The van der Waals surface area contributed by atoms with Gasteiger partial charge in [-0.1, -0.05) is 32.9 Å². The third-order valence-corrected chi connectivity index (χ3v) is 12.3. The second kappa shape index (κ2) is 12.2. The number of anilines is 1. The summed E-state index contributed by atoms with van der Waals surface area (Å²) in [5.74, 6) is -0.580. The van der Waals surface area contributed by atoms with Gasteiger partial charge in [0.05, 0.1) is 24.5 Å². The number of pyridine rings is 1. The molecule has 1 atom stereocenters. The summed E-state index contributed by atoms with van der Waals surface area (Å²) < 4.78 is 10.7. The number of nitrogens with one attached hydrogen (secondary N) is 1. The highest BCUT2D eigenvalue weighted by Crippen LogP contribution is 2.37. The van der Waals surface area contributed by atoms with Crippen LogP contribution in [0.25, 0.3) is 10.9 Å². The number of hydrogen-bond acceptors (Lipinski definition) is 5. The van der Waals surface area contributed by atoms with E-state index in [9.17, 15) is 9.59 Å². The summed E-state index contributed by atoms with van der Waals surface area (Å²) in [6.07, 6.45) is 10.7. The Kier molecular flexibility index (Phi) is 8.90. The Hall–Kier alpha value is -3.76. The summed E-state index contributed by atoms with van der Waals surface area (Å²) in [6, 6.07) is 11.9. The molecule has 0 saturated heterocycles. The highest BCUT2D eigenvalue weighted by Gasteiger charge is 2.37. The SMILES string of the molecule is CC(C)(C)[Si](C)(C)OCC(CCn1ccc2ccc(NC(=O)CCc3cccnc3)cc21)n1cnc(C(N)=O)c1. The third kappa shape index (κ3) is 7.25. The lowest BCUT2D eigenvalue weighted by Crippen LogP contribution is -2.42. The predicted octanol–water partition coefficient (Wildman–Crippen LogP) is 5.56. The van der Waals surface area contributed by atoms with Gasteiger partial charge in [-0.2, -0.15) is 0 Å². The van der Waals surface area contributed by atoms with Gasteiger partial charge in [0, 0.05) is 43.4 Å². The summed E-state index contributed by atoms with van der Waals surface area (Å²) in [4.78, 5) is 32.6. The van der Waals surface area contributed by atoms with Gasteiger partial charge in [0.1, 0.15) is 5.69 Å². The van der Waals surface area contributed by atoms with E-state index in [4.69, 9.17) is 10.2 Å². The molecule has 0 saturated carbocycles. The third-order valence-electron chi connectivity index (χ3n) is 7.84. The molecule has 3 N–H and O–H groups in total. The second-order valence-electron chi connectivity index (χ2n) is 11.8. The maximum absolute atomic E-state index is 12.6. The fourth-order valence-electron chi connectivity index (χ4n) is 4.28. The lowest BCUT2D eigenvalue weighted by atomic mass is 10.1. The molecular formula is C30H40N6O3Si. The summed E-state index contributed by atoms with van der Waals surface area (Å²) in [6.45, 7) is 12.4. The van der Waals surface area contributed by atoms with Crippen molar-refractivity contribution in [2.45, 2.75) is 70.8 Å². The van der Waals surface area contributed by atoms with Crippen LogP contribution in [0.2, 0.25) is 18.1 Å². The van der Waals surface area contributed by atoms with E-state index in [0.29, 0.717) is 19.4 Å². The molecule has 0 aliphatic heterocycles. The van der Waals surface area contributed by atoms with Gasteiger partial charge in [0.25, 0.3) is 5.91 Å². The fraction of sp³-hybridized carbons (Fsp3) is 0.400. The molecule has 212 valence electrons. The number of aryl methyl sites for hydroxylation is 2. The van der Waals surface area contributed by atoms with E-state index in [0.717, 1.165) is 35.1 Å². The van der Waals surface area contributed by atoms with Crippen molar-refractivity contribution >= 4 is 36.7 Å². The zero-order chi connectivity index (χ0) is 28.9. The van der Waals surface area contributed by atoms with E-state index < -0.39 is 14.2 Å². The molecule has 0 fully saturated rings. The number of amides is 2. The number of nitrogens with two attached hydrogens (primary N) is 1. The van der Waals surface area contributed by atoms with Crippen LogP contribution in [0.1, 0.15) is 55.7 Å². The summed E-state index contributed by atoms with van der Waals surface area (Å²) in [5, 5.41) is 4.21. The number of hydrogen-bond donors (Lipinski definition) is 2. The lowest BCUT2D eigenvalue weighted by Gasteiger charge is -2.37. The van der Waals surface area contributed by atoms with Gasteiger partial charge < -0.3 is 24.6 Å². The minimum Gasteiger partial charge on any atom is -0.415 e. The first-order valence-corrected chi connectivity index (χ1v) is 16.6. The Balaban J connectivity index is 1.46. The Bertz CT molecular complexity index is 1460. The van der Waals surface area contributed by atoms with Crippen LogP contribution in [-0.4, -0.2) is 45.8 Å². The average Bonchev–Trinajstić information content (AvgIpc) is 3.55. The van der Waals surface area contributed by atoms with E-state index in [-0.39, 0.29) is 22.7 Å². The Morgan fingerprint density at radius 3 is 2.65 bits per heavy atom. The van der Waals surface area contributed by atoms with E-state index in [1.54, 1.807) is 24.9 Å². The standard InChI is InChI=1S/C30H40N6O3Si/c1-30(2,3)40(4,5)39-20-25(36-19-26(29(31)38)33-21-36)13-16-35-15-12-23-9-10-24(17-27(23)35)34-28(37)11-8-22-7-6-14-32-18-22/h6-7,9-10,12,14-15,17-19,21,25H,8,11,13,16,20H2,1-5H3,(H2,31,38)(H,34,37). The fourth-order valence-corrected chi connectivity index (χ4v) is 5.32. The number of carbonyl (C=O) groups is 2. The van der Waals surface area contributed by atoms with E-state index in [2.05, 4.69) is 66.0 Å². The second-order valence-corrected chi connectivity index (χ2v) is 16.6. The number of benzene rings is 1. The van der Waals surface area contributed by atoms with E-state index in [1.165, 1.54) is 0 Å². The Morgan fingerprint density at radius 2 is 1.98 bits per heavy atom. The molecule has 2 amide bonds. The molecule has 10 heteroatoms. The van der Waals surface area contributed by atoms with Crippen LogP contribution in [0.5, 0.6) is 0 Å². The van der Waals surface area contributed by atoms with Gasteiger partial charge in [-0.15, -0.1) is 0 Å². The van der Waals surface area contributed by atoms with Gasteiger partial charge in [-0.05, 0) is 66.2 Å². The minimum absolute atomic E-state index is 0.0254. The molecular weight excluding hydrogens is 520 g/mol. The summed E-state index contributed by atoms with van der Waals surface area (Å²) in [5.41, 5.74) is 8.55. The summed E-state index contributed by atoms with van der Waals surface area (Å²) in [7, 11) is -1.98. The summed E-state index contributed by atoms with van der Waals surface area (Å²) >= 11 is 0. The van der Waals surface area contributed by atoms with Crippen LogP contribution in [-0.2, 0) is 22.2 Å². The number of nitrogens with zero attached hydrogens (tertiary/aromatic N) is 4. The van der Waals surface area contributed by atoms with Gasteiger partial charge in [-0.3, -0.25) is 14.6 Å². The number of rotatable bonds is 12. The van der Waals surface area contributed by atoms with Crippen molar-refractivity contribution in [2.75, 3.05) is 11.9 Å². The van der Waals surface area contributed by atoms with Gasteiger partial charge in [0.2, 0.25) is 5.91 Å². The molecule has 0 aliphatic carbocycles. The maximum Gasteiger partial charge on any atom is 0.268 e. The first-order valence-electron chi connectivity index (χ1n) is 13.7. The van der Waals surface area contributed by atoms with E-state index in [1.807, 2.05) is 34.9 Å². The Labute approximate surface area is 236 Å². The molecule has 0 spiro atoms. The zero-order valence-corrected chi connectivity index (χ0v) is 25.1. The highest BCUT2D eigenvalue weighted by atomic mass is 28.4. The van der Waals surface area contributed by atoms with Crippen molar-refractivity contribution in [2.24, 2.45) is 5.73 Å². The van der Waals surface area contributed by atoms with Crippen molar-refractivity contribution in [3.63, 3.8) is 0 Å². The minimum atomic E-state index is -1.98. The van der Waals surface area contributed by atoms with Crippen molar-refractivity contribution < 1.29 is 14.0 Å². The Morgan fingerprint density at radius 1 is 1.18 bits per heavy atom. The topological polar surface area (TPSA) is 117 Å². The van der Waals surface area contributed by atoms with Crippen LogP contribution >= 0.6 is 0 Å². The molecule has 4 rings (SSSR count). The molecule has 40 heavy (non-hydrogen) atoms. The molecule has 3 aromatic heterocycles. The van der Waals surface area contributed by atoms with Gasteiger partial charge in [-0.25, -0.2) is 4.98 Å². The lowest BCUT2D eigenvalue weighted by molar-refractivity contribution is -0.116. The molecule has 1 aromatic carbocycles. The number of imidazole rings is 1. The maximum atomic E-state index is 12.6. The van der Waals surface area contributed by atoms with Crippen molar-refractivity contribution in [1.29, 1.82) is 0 Å². The number of primary amides is 1. The van der Waals surface area contributed by atoms with E-state index >= 15 is 0 Å². The van der Waals surface area contributed by atoms with Crippen LogP contribution in [0.4, 0.5) is 5.69 Å². The first-order chi connectivity index (χ1) is 18.9. The normalized spacial score (nSPS) is 12.9. The zero-order valence-electron chi connectivity index (χ0n) is 24.1. The largest absolute Gasteiger partial charge is 0.415 e. The van der Waals surface area contributed by atoms with Crippen LogP contribution in [0, 0.1) is 0 Å². The van der Waals surface area contributed by atoms with Gasteiger partial charge >= 0.3 is 0 Å². The van der Waals surface area contributed by atoms with Crippen LogP contribution in [0.15, 0.2) is 67.5 Å². The molecule has 1 unspecified atom stereocenters. The monoisotopic (exact) mass is 560 g/mol. The van der Waals surface area contributed by atoms with Crippen LogP contribution in [0.3, 0.4) is 0 Å². The molecule has 3 heterocycles. The highest BCUT2D eigenvalue weighted by molar-refractivity contribution is 6.74. The van der Waals surface area contributed by atoms with Crippen molar-refractivity contribution in [3.8, 4) is 0 Å². The van der Waals surface area contributed by atoms with Crippen molar-refractivity contribution in [1.82, 2.24) is 19.1 Å².